The first-order valence-corrected chi connectivity index (χ1v) is 8.43. The van der Waals surface area contributed by atoms with Gasteiger partial charge < -0.3 is 16.0 Å². The van der Waals surface area contributed by atoms with Crippen molar-refractivity contribution < 1.29 is 19.2 Å². The highest BCUT2D eigenvalue weighted by Crippen LogP contribution is 2.36. The molecule has 0 aromatic heterocycles. The average Bonchev–Trinajstić information content (AvgIpc) is 2.72. The molecule has 0 aromatic rings. The second-order valence-electron chi connectivity index (χ2n) is 7.09. The van der Waals surface area contributed by atoms with Crippen LogP contribution in [0.25, 0.3) is 0 Å². The number of hydrogen-bond acceptors (Lipinski definition) is 4. The zero-order valence-electron chi connectivity index (χ0n) is 14.5. The number of nitrogens with zero attached hydrogens (tertiary/aromatic N) is 1. The summed E-state index contributed by atoms with van der Waals surface area (Å²) in [4.78, 5) is 49.1. The van der Waals surface area contributed by atoms with E-state index in [1.807, 2.05) is 13.8 Å². The molecule has 1 aliphatic carbocycles. The number of hydrogen-bond donors (Lipinski definition) is 3. The van der Waals surface area contributed by atoms with E-state index in [1.165, 1.54) is 0 Å². The van der Waals surface area contributed by atoms with Crippen molar-refractivity contribution in [3.63, 3.8) is 0 Å². The molecule has 0 unspecified atom stereocenters. The summed E-state index contributed by atoms with van der Waals surface area (Å²) in [7, 11) is 0. The summed E-state index contributed by atoms with van der Waals surface area (Å²) in [6, 6.07) is -0.551. The van der Waals surface area contributed by atoms with Crippen LogP contribution in [0.5, 0.6) is 0 Å². The van der Waals surface area contributed by atoms with Crippen LogP contribution in [0, 0.1) is 5.92 Å². The SMILES string of the molecule is CC1CCC2(CC1)NC(=O)N(CC(=O)NCC(=O)NC(C)C)C2=O. The average molecular weight is 338 g/mol. The van der Waals surface area contributed by atoms with Gasteiger partial charge in [-0.1, -0.05) is 6.92 Å². The van der Waals surface area contributed by atoms with Gasteiger partial charge >= 0.3 is 6.03 Å². The van der Waals surface area contributed by atoms with E-state index in [0.717, 1.165) is 17.7 Å². The number of carbonyl (C=O) groups is 4. The highest BCUT2D eigenvalue weighted by Gasteiger charge is 2.52. The Morgan fingerprint density at radius 1 is 1.25 bits per heavy atom. The molecule has 0 aromatic carbocycles. The van der Waals surface area contributed by atoms with Crippen molar-refractivity contribution in [1.29, 1.82) is 0 Å². The molecule has 2 fully saturated rings. The fourth-order valence-electron chi connectivity index (χ4n) is 3.16. The van der Waals surface area contributed by atoms with E-state index >= 15 is 0 Å². The summed E-state index contributed by atoms with van der Waals surface area (Å²) in [5, 5.41) is 7.84. The molecule has 0 radical (unpaired) electrons. The molecule has 2 rings (SSSR count). The van der Waals surface area contributed by atoms with Gasteiger partial charge in [0.2, 0.25) is 11.8 Å². The normalized spacial score (nSPS) is 26.7. The topological polar surface area (TPSA) is 108 Å². The molecule has 5 amide bonds. The van der Waals surface area contributed by atoms with Gasteiger partial charge in [-0.3, -0.25) is 19.3 Å². The fourth-order valence-corrected chi connectivity index (χ4v) is 3.16. The maximum atomic E-state index is 12.6. The molecule has 8 nitrogen and oxygen atoms in total. The standard InChI is InChI=1S/C16H26N4O4/c1-10(2)18-12(21)8-17-13(22)9-20-14(23)16(19-15(20)24)6-4-11(3)5-7-16/h10-11H,4-9H2,1-3H3,(H,17,22)(H,18,21)(H,19,24). The van der Waals surface area contributed by atoms with Gasteiger partial charge in [-0.25, -0.2) is 4.79 Å². The molecule has 1 saturated heterocycles. The van der Waals surface area contributed by atoms with Crippen molar-refractivity contribution in [3.05, 3.63) is 0 Å². The van der Waals surface area contributed by atoms with Crippen LogP contribution in [-0.4, -0.2) is 53.3 Å². The molecular formula is C16H26N4O4. The molecule has 1 heterocycles. The third kappa shape index (κ3) is 4.04. The van der Waals surface area contributed by atoms with Crippen LogP contribution in [0.1, 0.15) is 46.5 Å². The molecule has 1 saturated carbocycles. The van der Waals surface area contributed by atoms with Crippen LogP contribution >= 0.6 is 0 Å². The van der Waals surface area contributed by atoms with Crippen molar-refractivity contribution in [2.24, 2.45) is 5.92 Å². The lowest BCUT2D eigenvalue weighted by Gasteiger charge is -2.33. The maximum Gasteiger partial charge on any atom is 0.325 e. The molecule has 1 aliphatic heterocycles. The predicted octanol–water partition coefficient (Wildman–Crippen LogP) is 0.128. The van der Waals surface area contributed by atoms with Gasteiger partial charge in [0.25, 0.3) is 5.91 Å². The van der Waals surface area contributed by atoms with Crippen LogP contribution in [0.15, 0.2) is 0 Å². The van der Waals surface area contributed by atoms with Crippen molar-refractivity contribution >= 4 is 23.8 Å². The van der Waals surface area contributed by atoms with E-state index in [1.54, 1.807) is 0 Å². The zero-order valence-corrected chi connectivity index (χ0v) is 14.5. The summed E-state index contributed by atoms with van der Waals surface area (Å²) < 4.78 is 0. The number of imide groups is 1. The molecule has 2 aliphatic rings. The van der Waals surface area contributed by atoms with Crippen molar-refractivity contribution in [1.82, 2.24) is 20.9 Å². The minimum absolute atomic E-state index is 0.0195. The van der Waals surface area contributed by atoms with Crippen molar-refractivity contribution in [2.75, 3.05) is 13.1 Å². The summed E-state index contributed by atoms with van der Waals surface area (Å²) in [6.45, 7) is 5.22. The Balaban J connectivity index is 1.88. The Bertz CT molecular complexity index is 538. The quantitative estimate of drug-likeness (QED) is 0.619. The van der Waals surface area contributed by atoms with E-state index < -0.39 is 17.5 Å². The monoisotopic (exact) mass is 338 g/mol. The summed E-state index contributed by atoms with van der Waals surface area (Å²) in [5.74, 6) is -0.634. The van der Waals surface area contributed by atoms with Crippen LogP contribution < -0.4 is 16.0 Å². The number of amides is 5. The molecule has 0 bridgehead atoms. The highest BCUT2D eigenvalue weighted by molar-refractivity contribution is 6.09. The molecule has 8 heteroatoms. The second-order valence-corrected chi connectivity index (χ2v) is 7.09. The van der Waals surface area contributed by atoms with Crippen molar-refractivity contribution in [3.8, 4) is 0 Å². The number of carbonyl (C=O) groups excluding carboxylic acids is 4. The van der Waals surface area contributed by atoms with Gasteiger partial charge in [0.05, 0.1) is 6.54 Å². The first-order valence-electron chi connectivity index (χ1n) is 8.43. The Labute approximate surface area is 141 Å². The second kappa shape index (κ2) is 7.19. The van der Waals surface area contributed by atoms with E-state index in [2.05, 4.69) is 22.9 Å². The first-order chi connectivity index (χ1) is 11.2. The minimum atomic E-state index is -0.848. The fraction of sp³-hybridized carbons (Fsp3) is 0.750. The van der Waals surface area contributed by atoms with Gasteiger partial charge in [0, 0.05) is 6.04 Å². The minimum Gasteiger partial charge on any atom is -0.352 e. The maximum absolute atomic E-state index is 12.6. The first kappa shape index (κ1) is 18.2. The van der Waals surface area contributed by atoms with E-state index in [4.69, 9.17) is 0 Å². The number of rotatable bonds is 5. The Hall–Kier alpha value is -2.12. The third-order valence-corrected chi connectivity index (χ3v) is 4.57. The van der Waals surface area contributed by atoms with Gasteiger partial charge in [0.1, 0.15) is 12.1 Å². The lowest BCUT2D eigenvalue weighted by atomic mass is 9.77. The van der Waals surface area contributed by atoms with E-state index in [0.29, 0.717) is 18.8 Å². The zero-order chi connectivity index (χ0) is 17.9. The molecule has 0 atom stereocenters. The van der Waals surface area contributed by atoms with Gasteiger partial charge in [0.15, 0.2) is 0 Å². The van der Waals surface area contributed by atoms with Gasteiger partial charge in [-0.2, -0.15) is 0 Å². The molecule has 134 valence electrons. The van der Waals surface area contributed by atoms with Crippen LogP contribution in [0.3, 0.4) is 0 Å². The lowest BCUT2D eigenvalue weighted by Crippen LogP contribution is -2.50. The Morgan fingerprint density at radius 2 is 1.88 bits per heavy atom. The Morgan fingerprint density at radius 3 is 2.46 bits per heavy atom. The summed E-state index contributed by atoms with van der Waals surface area (Å²) in [6.07, 6.45) is 2.96. The molecule has 24 heavy (non-hydrogen) atoms. The van der Waals surface area contributed by atoms with Gasteiger partial charge in [-0.15, -0.1) is 0 Å². The molecular weight excluding hydrogens is 312 g/mol. The van der Waals surface area contributed by atoms with Crippen molar-refractivity contribution in [2.45, 2.75) is 58.0 Å². The molecule has 3 N–H and O–H groups in total. The van der Waals surface area contributed by atoms with E-state index in [9.17, 15) is 19.2 Å². The number of nitrogens with one attached hydrogen (secondary N) is 3. The molecule has 1 spiro atoms. The number of urea groups is 1. The summed E-state index contributed by atoms with van der Waals surface area (Å²) >= 11 is 0. The summed E-state index contributed by atoms with van der Waals surface area (Å²) in [5.41, 5.74) is -0.848. The van der Waals surface area contributed by atoms with Crippen LogP contribution in [0.2, 0.25) is 0 Å². The van der Waals surface area contributed by atoms with Crippen LogP contribution in [-0.2, 0) is 14.4 Å². The predicted molar refractivity (Wildman–Crippen MR) is 86.9 cm³/mol. The highest BCUT2D eigenvalue weighted by atomic mass is 16.2. The van der Waals surface area contributed by atoms with Gasteiger partial charge in [-0.05, 0) is 45.4 Å². The lowest BCUT2D eigenvalue weighted by molar-refractivity contribution is -0.136. The Kier molecular flexibility index (Phi) is 5.46. The van der Waals surface area contributed by atoms with E-state index in [-0.39, 0.29) is 30.9 Å². The smallest absolute Gasteiger partial charge is 0.325 e. The van der Waals surface area contributed by atoms with Crippen LogP contribution in [0.4, 0.5) is 4.79 Å². The largest absolute Gasteiger partial charge is 0.352 e. The third-order valence-electron chi connectivity index (χ3n) is 4.57.